The molecule has 0 heterocycles. The van der Waals surface area contributed by atoms with Crippen molar-refractivity contribution >= 4 is 5.97 Å². The lowest BCUT2D eigenvalue weighted by atomic mass is 9.43. The molecule has 28 heavy (non-hydrogen) atoms. The largest absolute Gasteiger partial charge is 0.481 e. The Balaban J connectivity index is 1.55. The van der Waals surface area contributed by atoms with Crippen molar-refractivity contribution in [2.24, 2.45) is 46.3 Å². The van der Waals surface area contributed by atoms with E-state index in [0.29, 0.717) is 35.5 Å². The molecule has 0 radical (unpaired) electrons. The highest BCUT2D eigenvalue weighted by Gasteiger charge is 2.62. The summed E-state index contributed by atoms with van der Waals surface area (Å²) < 4.78 is 0. The fourth-order valence-electron chi connectivity index (χ4n) is 8.73. The van der Waals surface area contributed by atoms with Gasteiger partial charge in [-0.1, -0.05) is 20.8 Å². The first-order valence-electron chi connectivity index (χ1n) is 11.7. The molecule has 3 N–H and O–H groups in total. The molecule has 4 aliphatic rings. The number of carboxylic acids is 1. The Labute approximate surface area is 170 Å². The van der Waals surface area contributed by atoms with Gasteiger partial charge >= 0.3 is 5.97 Å². The molecule has 0 amide bonds. The van der Waals surface area contributed by atoms with Crippen LogP contribution < -0.4 is 0 Å². The van der Waals surface area contributed by atoms with E-state index in [9.17, 15) is 15.0 Å². The van der Waals surface area contributed by atoms with Gasteiger partial charge in [-0.05, 0) is 104 Å². The Hall–Kier alpha value is -0.610. The predicted molar refractivity (Wildman–Crippen MR) is 109 cm³/mol. The van der Waals surface area contributed by atoms with Crippen molar-refractivity contribution in [3.63, 3.8) is 0 Å². The number of fused-ring (bicyclic) bond motifs is 5. The zero-order valence-corrected chi connectivity index (χ0v) is 17.9. The molecule has 160 valence electrons. The molecule has 4 rings (SSSR count). The number of carboxylic acid groups (broad SMARTS) is 1. The SMILES string of the molecule is C[C@H](CCC(=O)O)[C@H]1CC[C@H]2[C@H]3[C@@H](O)C[C@@H]4C[C@H](O)CC[C@]4(C)[C@H]3CC[C@]12C. The van der Waals surface area contributed by atoms with Crippen LogP contribution in [0.2, 0.25) is 0 Å². The number of hydrogen-bond donors (Lipinski definition) is 3. The maximum atomic E-state index is 11.2. The Bertz CT molecular complexity index is 605. The van der Waals surface area contributed by atoms with E-state index in [1.54, 1.807) is 0 Å². The molecule has 0 saturated heterocycles. The fourth-order valence-corrected chi connectivity index (χ4v) is 8.73. The van der Waals surface area contributed by atoms with Crippen LogP contribution in [-0.4, -0.2) is 33.5 Å². The standard InChI is InChI=1S/C24H40O4/c1-14(4-7-21(27)28)17-5-6-18-22-19(9-11-24(17,18)3)23(2)10-8-16(25)12-15(23)13-20(22)26/h14-20,22,25-26H,4-13H2,1-3H3,(H,27,28)/t14-,15+,16-,17-,18+,19+,20+,22-,23+,24-/m1/s1. The van der Waals surface area contributed by atoms with E-state index in [0.717, 1.165) is 32.1 Å². The average molecular weight is 393 g/mol. The first-order chi connectivity index (χ1) is 13.2. The van der Waals surface area contributed by atoms with Crippen LogP contribution in [0.3, 0.4) is 0 Å². The summed E-state index contributed by atoms with van der Waals surface area (Å²) in [6.45, 7) is 7.16. The third kappa shape index (κ3) is 3.14. The number of carbonyl (C=O) groups is 1. The minimum absolute atomic E-state index is 0.179. The van der Waals surface area contributed by atoms with Gasteiger partial charge in [0.2, 0.25) is 0 Å². The summed E-state index contributed by atoms with van der Waals surface area (Å²) in [6.07, 6.45) is 9.19. The van der Waals surface area contributed by atoms with Crippen LogP contribution in [0.15, 0.2) is 0 Å². The van der Waals surface area contributed by atoms with Crippen molar-refractivity contribution in [2.45, 2.75) is 97.2 Å². The molecule has 0 bridgehead atoms. The lowest BCUT2D eigenvalue weighted by Gasteiger charge is -2.62. The lowest BCUT2D eigenvalue weighted by Crippen LogP contribution is -2.58. The molecule has 0 aromatic carbocycles. The van der Waals surface area contributed by atoms with E-state index in [1.165, 1.54) is 25.7 Å². The van der Waals surface area contributed by atoms with Crippen molar-refractivity contribution in [2.75, 3.05) is 0 Å². The van der Waals surface area contributed by atoms with Crippen LogP contribution in [0.25, 0.3) is 0 Å². The lowest BCUT2D eigenvalue weighted by molar-refractivity contribution is -0.174. The summed E-state index contributed by atoms with van der Waals surface area (Å²) >= 11 is 0. The smallest absolute Gasteiger partial charge is 0.303 e. The van der Waals surface area contributed by atoms with Crippen LogP contribution >= 0.6 is 0 Å². The maximum absolute atomic E-state index is 11.2. The first-order valence-corrected chi connectivity index (χ1v) is 11.7. The molecule has 4 nitrogen and oxygen atoms in total. The summed E-state index contributed by atoms with van der Waals surface area (Å²) in [4.78, 5) is 11.1. The van der Waals surface area contributed by atoms with Crippen molar-refractivity contribution < 1.29 is 20.1 Å². The summed E-state index contributed by atoms with van der Waals surface area (Å²) in [5.41, 5.74) is 0.523. The van der Waals surface area contributed by atoms with Gasteiger partial charge in [0.25, 0.3) is 0 Å². The predicted octanol–water partition coefficient (Wildman–Crippen LogP) is 4.48. The molecule has 4 aliphatic carbocycles. The molecular weight excluding hydrogens is 352 g/mol. The first kappa shape index (κ1) is 20.7. The zero-order chi connectivity index (χ0) is 20.3. The van der Waals surface area contributed by atoms with Crippen LogP contribution in [0.5, 0.6) is 0 Å². The molecule has 0 aromatic heterocycles. The Morgan fingerprint density at radius 3 is 2.39 bits per heavy atom. The fraction of sp³-hybridized carbons (Fsp3) is 0.958. The van der Waals surface area contributed by atoms with Gasteiger partial charge in [-0.3, -0.25) is 4.79 Å². The quantitative estimate of drug-likeness (QED) is 0.659. The van der Waals surface area contributed by atoms with Crippen LogP contribution in [0.1, 0.15) is 85.0 Å². The number of rotatable bonds is 4. The third-order valence-electron chi connectivity index (χ3n) is 10.2. The normalized spacial score (nSPS) is 51.7. The van der Waals surface area contributed by atoms with Crippen molar-refractivity contribution in [1.29, 1.82) is 0 Å². The average Bonchev–Trinajstić information content (AvgIpc) is 2.98. The van der Waals surface area contributed by atoms with E-state index >= 15 is 0 Å². The molecular formula is C24H40O4. The summed E-state index contributed by atoms with van der Waals surface area (Å²) in [7, 11) is 0. The molecule has 4 saturated carbocycles. The summed E-state index contributed by atoms with van der Waals surface area (Å²) in [6, 6.07) is 0. The van der Waals surface area contributed by atoms with E-state index in [1.807, 2.05) is 0 Å². The van der Waals surface area contributed by atoms with Crippen LogP contribution in [0, 0.1) is 46.3 Å². The monoisotopic (exact) mass is 392 g/mol. The van der Waals surface area contributed by atoms with Gasteiger partial charge in [-0.15, -0.1) is 0 Å². The van der Waals surface area contributed by atoms with Crippen LogP contribution in [0.4, 0.5) is 0 Å². The molecule has 0 aliphatic heterocycles. The maximum Gasteiger partial charge on any atom is 0.303 e. The molecule has 0 spiro atoms. The number of hydrogen-bond acceptors (Lipinski definition) is 3. The minimum atomic E-state index is -0.684. The van der Waals surface area contributed by atoms with E-state index in [2.05, 4.69) is 20.8 Å². The topological polar surface area (TPSA) is 77.8 Å². The minimum Gasteiger partial charge on any atom is -0.481 e. The molecule has 0 unspecified atom stereocenters. The van der Waals surface area contributed by atoms with Gasteiger partial charge in [0.05, 0.1) is 12.2 Å². The number of aliphatic carboxylic acids is 1. The van der Waals surface area contributed by atoms with Gasteiger partial charge < -0.3 is 15.3 Å². The Morgan fingerprint density at radius 2 is 1.68 bits per heavy atom. The number of aliphatic hydroxyl groups is 2. The second kappa shape index (κ2) is 7.27. The van der Waals surface area contributed by atoms with E-state index in [4.69, 9.17) is 5.11 Å². The van der Waals surface area contributed by atoms with Crippen molar-refractivity contribution in [3.8, 4) is 0 Å². The van der Waals surface area contributed by atoms with Gasteiger partial charge in [-0.2, -0.15) is 0 Å². The molecule has 4 heteroatoms. The highest BCUT2D eigenvalue weighted by molar-refractivity contribution is 5.66. The second-order valence-corrected chi connectivity index (χ2v) is 11.4. The molecule has 10 atom stereocenters. The molecule has 4 fully saturated rings. The summed E-state index contributed by atoms with van der Waals surface area (Å²) in [5.74, 6) is 2.36. The zero-order valence-electron chi connectivity index (χ0n) is 17.9. The van der Waals surface area contributed by atoms with E-state index in [-0.39, 0.29) is 29.5 Å². The van der Waals surface area contributed by atoms with Crippen molar-refractivity contribution in [3.05, 3.63) is 0 Å². The summed E-state index contributed by atoms with van der Waals surface area (Å²) in [5, 5.41) is 30.5. The van der Waals surface area contributed by atoms with Crippen molar-refractivity contribution in [1.82, 2.24) is 0 Å². The number of aliphatic hydroxyl groups excluding tert-OH is 2. The van der Waals surface area contributed by atoms with Gasteiger partial charge in [0.15, 0.2) is 0 Å². The second-order valence-electron chi connectivity index (χ2n) is 11.4. The van der Waals surface area contributed by atoms with Gasteiger partial charge in [-0.25, -0.2) is 0 Å². The van der Waals surface area contributed by atoms with Gasteiger partial charge in [0.1, 0.15) is 0 Å². The molecule has 0 aromatic rings. The highest BCUT2D eigenvalue weighted by Crippen LogP contribution is 2.68. The Morgan fingerprint density at radius 1 is 1.00 bits per heavy atom. The van der Waals surface area contributed by atoms with E-state index < -0.39 is 5.97 Å². The third-order valence-corrected chi connectivity index (χ3v) is 10.2. The van der Waals surface area contributed by atoms with Crippen LogP contribution in [-0.2, 0) is 4.79 Å². The Kier molecular flexibility index (Phi) is 5.36. The van der Waals surface area contributed by atoms with Gasteiger partial charge in [0, 0.05) is 6.42 Å². The highest BCUT2D eigenvalue weighted by atomic mass is 16.4.